The summed E-state index contributed by atoms with van der Waals surface area (Å²) in [6.07, 6.45) is 0.978. The number of aryl methyl sites for hydroxylation is 2. The monoisotopic (exact) mass is 254 g/mol. The highest BCUT2D eigenvalue weighted by molar-refractivity contribution is 5.97. The number of phenols is 1. The van der Waals surface area contributed by atoms with Crippen LogP contribution in [0.3, 0.4) is 0 Å². The van der Waals surface area contributed by atoms with E-state index in [1.54, 1.807) is 12.1 Å². The molecule has 1 N–H and O–H groups in total. The predicted octanol–water partition coefficient (Wildman–Crippen LogP) is 4.13. The van der Waals surface area contributed by atoms with Gasteiger partial charge in [-0.2, -0.15) is 0 Å². The molecule has 0 radical (unpaired) electrons. The molecular weight excluding hydrogens is 236 g/mol. The summed E-state index contributed by atoms with van der Waals surface area (Å²) >= 11 is 0. The smallest absolute Gasteiger partial charge is 0.163 e. The number of rotatable bonds is 3. The van der Waals surface area contributed by atoms with Crippen LogP contribution in [0.25, 0.3) is 11.1 Å². The van der Waals surface area contributed by atoms with Gasteiger partial charge in [-0.1, -0.05) is 36.8 Å². The molecule has 2 nitrogen and oxygen atoms in total. The van der Waals surface area contributed by atoms with Gasteiger partial charge in [0.2, 0.25) is 0 Å². The summed E-state index contributed by atoms with van der Waals surface area (Å²) in [7, 11) is 0. The second kappa shape index (κ2) is 5.27. The van der Waals surface area contributed by atoms with Crippen molar-refractivity contribution in [3.63, 3.8) is 0 Å². The molecule has 0 spiro atoms. The molecule has 0 saturated carbocycles. The summed E-state index contributed by atoms with van der Waals surface area (Å²) in [5, 5.41) is 9.90. The number of aromatic hydroxyl groups is 1. The van der Waals surface area contributed by atoms with Crippen molar-refractivity contribution in [2.24, 2.45) is 0 Å². The van der Waals surface area contributed by atoms with Crippen molar-refractivity contribution in [3.05, 3.63) is 53.1 Å². The molecule has 0 atom stereocenters. The molecule has 2 heteroatoms. The van der Waals surface area contributed by atoms with Crippen molar-refractivity contribution in [2.75, 3.05) is 0 Å². The minimum absolute atomic E-state index is 0.0459. The first-order chi connectivity index (χ1) is 9.01. The molecule has 0 amide bonds. The van der Waals surface area contributed by atoms with Gasteiger partial charge in [0.25, 0.3) is 0 Å². The van der Waals surface area contributed by atoms with Crippen LogP contribution in [0.5, 0.6) is 5.75 Å². The second-order valence-electron chi connectivity index (χ2n) is 4.85. The van der Waals surface area contributed by atoms with Crippen LogP contribution in [-0.2, 0) is 6.42 Å². The van der Waals surface area contributed by atoms with Crippen molar-refractivity contribution >= 4 is 5.78 Å². The summed E-state index contributed by atoms with van der Waals surface area (Å²) in [6.45, 7) is 5.64. The van der Waals surface area contributed by atoms with E-state index in [9.17, 15) is 9.90 Å². The minimum atomic E-state index is -0.123. The van der Waals surface area contributed by atoms with Crippen molar-refractivity contribution < 1.29 is 9.90 Å². The van der Waals surface area contributed by atoms with Gasteiger partial charge in [0.1, 0.15) is 5.75 Å². The Morgan fingerprint density at radius 1 is 1.11 bits per heavy atom. The summed E-state index contributed by atoms with van der Waals surface area (Å²) in [5.74, 6) is -0.0768. The molecule has 0 fully saturated rings. The number of phenolic OH excluding ortho intramolecular Hbond substituents is 1. The first-order valence-electron chi connectivity index (χ1n) is 6.46. The zero-order chi connectivity index (χ0) is 14.0. The van der Waals surface area contributed by atoms with E-state index in [4.69, 9.17) is 0 Å². The summed E-state index contributed by atoms with van der Waals surface area (Å²) in [5.41, 5.74) is 4.84. The first kappa shape index (κ1) is 13.3. The highest BCUT2D eigenvalue weighted by Crippen LogP contribution is 2.28. The van der Waals surface area contributed by atoms with Gasteiger partial charge in [0.15, 0.2) is 5.78 Å². The van der Waals surface area contributed by atoms with Crippen LogP contribution in [0.4, 0.5) is 0 Å². The lowest BCUT2D eigenvalue weighted by atomic mass is 9.97. The van der Waals surface area contributed by atoms with E-state index in [-0.39, 0.29) is 11.5 Å². The molecule has 19 heavy (non-hydrogen) atoms. The van der Waals surface area contributed by atoms with Crippen LogP contribution in [0.2, 0.25) is 0 Å². The molecule has 2 rings (SSSR count). The van der Waals surface area contributed by atoms with Gasteiger partial charge in [-0.3, -0.25) is 4.79 Å². The fourth-order valence-corrected chi connectivity index (χ4v) is 2.24. The maximum absolute atomic E-state index is 11.3. The predicted molar refractivity (Wildman–Crippen MR) is 77.7 cm³/mol. The number of benzene rings is 2. The Labute approximate surface area is 113 Å². The Kier molecular flexibility index (Phi) is 3.70. The molecule has 98 valence electrons. The standard InChI is InChI=1S/C17H18O2/c1-4-13-7-11(2)8-15(9-13)14-5-6-16(12(3)18)17(19)10-14/h5-10,19H,4H2,1-3H3. The zero-order valence-electron chi connectivity index (χ0n) is 11.5. The van der Waals surface area contributed by atoms with E-state index in [1.807, 2.05) is 6.07 Å². The van der Waals surface area contributed by atoms with E-state index in [1.165, 1.54) is 18.1 Å². The Morgan fingerprint density at radius 2 is 1.84 bits per heavy atom. The Balaban J connectivity index is 2.50. The van der Waals surface area contributed by atoms with Crippen molar-refractivity contribution in [1.29, 1.82) is 0 Å². The van der Waals surface area contributed by atoms with Crippen LogP contribution >= 0.6 is 0 Å². The molecule has 0 heterocycles. The summed E-state index contributed by atoms with van der Waals surface area (Å²) in [4.78, 5) is 11.3. The number of hydrogen-bond donors (Lipinski definition) is 1. The molecule has 0 unspecified atom stereocenters. The Bertz CT molecular complexity index is 627. The molecule has 0 aliphatic rings. The number of hydrogen-bond acceptors (Lipinski definition) is 2. The zero-order valence-corrected chi connectivity index (χ0v) is 11.5. The van der Waals surface area contributed by atoms with Gasteiger partial charge in [-0.15, -0.1) is 0 Å². The average Bonchev–Trinajstić information content (AvgIpc) is 2.37. The highest BCUT2D eigenvalue weighted by Gasteiger charge is 2.08. The molecule has 2 aromatic rings. The Hall–Kier alpha value is -2.09. The van der Waals surface area contributed by atoms with Crippen molar-refractivity contribution in [2.45, 2.75) is 27.2 Å². The van der Waals surface area contributed by atoms with E-state index in [0.717, 1.165) is 17.5 Å². The summed E-state index contributed by atoms with van der Waals surface area (Å²) in [6, 6.07) is 11.6. The minimum Gasteiger partial charge on any atom is -0.507 e. The highest BCUT2D eigenvalue weighted by atomic mass is 16.3. The molecule has 0 aliphatic heterocycles. The number of Topliss-reactive ketones (excluding diaryl/α,β-unsaturated/α-hetero) is 1. The topological polar surface area (TPSA) is 37.3 Å². The molecule has 0 saturated heterocycles. The van der Waals surface area contributed by atoms with Gasteiger partial charge in [0, 0.05) is 0 Å². The van der Waals surface area contributed by atoms with E-state index < -0.39 is 0 Å². The van der Waals surface area contributed by atoms with Crippen LogP contribution < -0.4 is 0 Å². The first-order valence-corrected chi connectivity index (χ1v) is 6.46. The van der Waals surface area contributed by atoms with Gasteiger partial charge in [-0.05, 0) is 49.1 Å². The van der Waals surface area contributed by atoms with Crippen LogP contribution in [0.1, 0.15) is 35.3 Å². The third-order valence-corrected chi connectivity index (χ3v) is 3.26. The molecule has 0 bridgehead atoms. The molecular formula is C17H18O2. The third-order valence-electron chi connectivity index (χ3n) is 3.26. The van der Waals surface area contributed by atoms with Gasteiger partial charge >= 0.3 is 0 Å². The largest absolute Gasteiger partial charge is 0.507 e. The molecule has 0 aromatic heterocycles. The maximum Gasteiger partial charge on any atom is 0.163 e. The van der Waals surface area contributed by atoms with Gasteiger partial charge in [0.05, 0.1) is 5.56 Å². The molecule has 2 aromatic carbocycles. The number of carbonyl (C=O) groups excluding carboxylic acids is 1. The summed E-state index contributed by atoms with van der Waals surface area (Å²) < 4.78 is 0. The average molecular weight is 254 g/mol. The van der Waals surface area contributed by atoms with Gasteiger partial charge in [-0.25, -0.2) is 0 Å². The maximum atomic E-state index is 11.3. The fraction of sp³-hybridized carbons (Fsp3) is 0.235. The normalized spacial score (nSPS) is 10.5. The lowest BCUT2D eigenvalue weighted by Gasteiger charge is -2.08. The van der Waals surface area contributed by atoms with Crippen molar-refractivity contribution in [3.8, 4) is 16.9 Å². The SMILES string of the molecule is CCc1cc(C)cc(-c2ccc(C(C)=O)c(O)c2)c1. The van der Waals surface area contributed by atoms with Crippen LogP contribution in [0, 0.1) is 6.92 Å². The van der Waals surface area contributed by atoms with Crippen molar-refractivity contribution in [1.82, 2.24) is 0 Å². The quantitative estimate of drug-likeness (QED) is 0.836. The van der Waals surface area contributed by atoms with E-state index >= 15 is 0 Å². The van der Waals surface area contributed by atoms with E-state index in [0.29, 0.717) is 5.56 Å². The Morgan fingerprint density at radius 3 is 2.42 bits per heavy atom. The van der Waals surface area contributed by atoms with Gasteiger partial charge < -0.3 is 5.11 Å². The fourth-order valence-electron chi connectivity index (χ4n) is 2.24. The van der Waals surface area contributed by atoms with Crippen LogP contribution in [-0.4, -0.2) is 10.9 Å². The number of carbonyl (C=O) groups is 1. The molecule has 0 aliphatic carbocycles. The van der Waals surface area contributed by atoms with E-state index in [2.05, 4.69) is 32.0 Å². The lowest BCUT2D eigenvalue weighted by molar-refractivity contribution is 0.101. The number of ketones is 1. The van der Waals surface area contributed by atoms with Crippen LogP contribution in [0.15, 0.2) is 36.4 Å². The third kappa shape index (κ3) is 2.84. The second-order valence-corrected chi connectivity index (χ2v) is 4.85. The lowest BCUT2D eigenvalue weighted by Crippen LogP contribution is -1.93.